The topological polar surface area (TPSA) is 49.4 Å². The lowest BCUT2D eigenvalue weighted by atomic mass is 9.98. The summed E-state index contributed by atoms with van der Waals surface area (Å²) < 4.78 is 0. The Balaban J connectivity index is 1.73. The largest absolute Gasteiger partial charge is 0.326 e. The van der Waals surface area contributed by atoms with E-state index in [0.717, 1.165) is 40.0 Å². The summed E-state index contributed by atoms with van der Waals surface area (Å²) in [5, 5.41) is 2.99. The van der Waals surface area contributed by atoms with Gasteiger partial charge >= 0.3 is 0 Å². The second kappa shape index (κ2) is 6.48. The Bertz CT molecular complexity index is 811. The van der Waals surface area contributed by atoms with Crippen molar-refractivity contribution in [3.8, 4) is 0 Å². The highest BCUT2D eigenvalue weighted by atomic mass is 16.2. The van der Waals surface area contributed by atoms with Gasteiger partial charge in [0.2, 0.25) is 11.8 Å². The van der Waals surface area contributed by atoms with Crippen LogP contribution >= 0.6 is 0 Å². The average Bonchev–Trinajstić information content (AvgIpc) is 2.54. The minimum Gasteiger partial charge on any atom is -0.326 e. The molecule has 0 fully saturated rings. The third-order valence-electron chi connectivity index (χ3n) is 4.52. The monoisotopic (exact) mass is 322 g/mol. The molecule has 1 N–H and O–H groups in total. The zero-order chi connectivity index (χ0) is 17.3. The lowest BCUT2D eigenvalue weighted by Gasteiger charge is -2.26. The van der Waals surface area contributed by atoms with Gasteiger partial charge in [-0.05, 0) is 54.7 Å². The van der Waals surface area contributed by atoms with Gasteiger partial charge in [0.1, 0.15) is 0 Å². The Morgan fingerprint density at radius 3 is 2.71 bits per heavy atom. The number of aryl methyl sites for hydroxylation is 3. The molecule has 0 spiro atoms. The molecule has 1 aliphatic rings. The molecule has 3 rings (SSSR count). The van der Waals surface area contributed by atoms with E-state index >= 15 is 0 Å². The second-order valence-electron chi connectivity index (χ2n) is 6.46. The van der Waals surface area contributed by atoms with Gasteiger partial charge in [-0.2, -0.15) is 0 Å². The maximum absolute atomic E-state index is 12.4. The van der Waals surface area contributed by atoms with E-state index in [0.29, 0.717) is 12.8 Å². The van der Waals surface area contributed by atoms with Crippen LogP contribution in [0.5, 0.6) is 0 Å². The molecule has 124 valence electrons. The van der Waals surface area contributed by atoms with Crippen LogP contribution in [0.15, 0.2) is 36.4 Å². The Labute approximate surface area is 142 Å². The van der Waals surface area contributed by atoms with Gasteiger partial charge in [0, 0.05) is 24.8 Å². The quantitative estimate of drug-likeness (QED) is 0.941. The van der Waals surface area contributed by atoms with Crippen molar-refractivity contribution < 1.29 is 9.59 Å². The third kappa shape index (κ3) is 3.32. The molecule has 4 heteroatoms. The summed E-state index contributed by atoms with van der Waals surface area (Å²) in [7, 11) is 1.80. The van der Waals surface area contributed by atoms with Crippen molar-refractivity contribution in [2.75, 3.05) is 17.3 Å². The van der Waals surface area contributed by atoms with Crippen molar-refractivity contribution in [3.05, 3.63) is 58.7 Å². The smallest absolute Gasteiger partial charge is 0.228 e. The zero-order valence-corrected chi connectivity index (χ0v) is 14.3. The molecule has 1 heterocycles. The van der Waals surface area contributed by atoms with Gasteiger partial charge in [0.15, 0.2) is 0 Å². The van der Waals surface area contributed by atoms with Crippen LogP contribution in [-0.2, 0) is 22.4 Å². The van der Waals surface area contributed by atoms with Crippen LogP contribution in [0.2, 0.25) is 0 Å². The number of nitrogens with one attached hydrogen (secondary N) is 1. The van der Waals surface area contributed by atoms with Crippen LogP contribution in [0.25, 0.3) is 0 Å². The van der Waals surface area contributed by atoms with Crippen molar-refractivity contribution in [3.63, 3.8) is 0 Å². The Morgan fingerprint density at radius 1 is 1.12 bits per heavy atom. The normalized spacial score (nSPS) is 13.6. The summed E-state index contributed by atoms with van der Waals surface area (Å²) in [6.07, 6.45) is 1.60. The van der Waals surface area contributed by atoms with Crippen molar-refractivity contribution in [1.82, 2.24) is 0 Å². The van der Waals surface area contributed by atoms with E-state index in [4.69, 9.17) is 0 Å². The highest BCUT2D eigenvalue weighted by Crippen LogP contribution is 2.27. The molecule has 0 aromatic heterocycles. The first kappa shape index (κ1) is 16.2. The third-order valence-corrected chi connectivity index (χ3v) is 4.52. The first-order valence-electron chi connectivity index (χ1n) is 8.19. The average molecular weight is 322 g/mol. The molecule has 4 nitrogen and oxygen atoms in total. The molecule has 1 aliphatic heterocycles. The molecule has 2 amide bonds. The van der Waals surface area contributed by atoms with E-state index in [1.54, 1.807) is 11.9 Å². The fourth-order valence-corrected chi connectivity index (χ4v) is 3.07. The summed E-state index contributed by atoms with van der Waals surface area (Å²) in [5.74, 6) is 0.117. The Morgan fingerprint density at radius 2 is 1.92 bits per heavy atom. The van der Waals surface area contributed by atoms with Crippen LogP contribution < -0.4 is 10.2 Å². The van der Waals surface area contributed by atoms with Crippen molar-refractivity contribution in [2.45, 2.75) is 33.1 Å². The Kier molecular flexibility index (Phi) is 4.38. The molecule has 0 aliphatic carbocycles. The summed E-state index contributed by atoms with van der Waals surface area (Å²) in [4.78, 5) is 25.8. The number of fused-ring (bicyclic) bond motifs is 1. The van der Waals surface area contributed by atoms with Gasteiger partial charge in [0.05, 0.1) is 6.42 Å². The molecule has 0 saturated carbocycles. The van der Waals surface area contributed by atoms with Crippen LogP contribution in [-0.4, -0.2) is 18.9 Å². The molecule has 0 radical (unpaired) electrons. The number of benzene rings is 2. The molecule has 24 heavy (non-hydrogen) atoms. The predicted molar refractivity (Wildman–Crippen MR) is 96.4 cm³/mol. The van der Waals surface area contributed by atoms with Gasteiger partial charge in [-0.25, -0.2) is 0 Å². The molecule has 2 aromatic carbocycles. The van der Waals surface area contributed by atoms with E-state index in [9.17, 15) is 9.59 Å². The van der Waals surface area contributed by atoms with Crippen LogP contribution in [0.3, 0.4) is 0 Å². The molecular formula is C20H22N2O2. The van der Waals surface area contributed by atoms with E-state index < -0.39 is 0 Å². The maximum Gasteiger partial charge on any atom is 0.228 e. The Hall–Kier alpha value is -2.62. The van der Waals surface area contributed by atoms with E-state index in [2.05, 4.69) is 5.32 Å². The van der Waals surface area contributed by atoms with Crippen LogP contribution in [0.1, 0.15) is 28.7 Å². The van der Waals surface area contributed by atoms with Crippen LogP contribution in [0, 0.1) is 13.8 Å². The van der Waals surface area contributed by atoms with Gasteiger partial charge in [0.25, 0.3) is 0 Å². The van der Waals surface area contributed by atoms with E-state index in [-0.39, 0.29) is 11.8 Å². The molecular weight excluding hydrogens is 300 g/mol. The number of hydrogen-bond acceptors (Lipinski definition) is 2. The van der Waals surface area contributed by atoms with Gasteiger partial charge in [-0.15, -0.1) is 0 Å². The minimum atomic E-state index is -0.0242. The molecule has 0 atom stereocenters. The van der Waals surface area contributed by atoms with Gasteiger partial charge in [-0.1, -0.05) is 24.3 Å². The second-order valence-corrected chi connectivity index (χ2v) is 6.46. The summed E-state index contributed by atoms with van der Waals surface area (Å²) in [6, 6.07) is 11.9. The lowest BCUT2D eigenvalue weighted by Crippen LogP contribution is -2.31. The number of anilines is 2. The lowest BCUT2D eigenvalue weighted by molar-refractivity contribution is -0.118. The predicted octanol–water partition coefficient (Wildman–Crippen LogP) is 3.39. The minimum absolute atomic E-state index is 0.0242. The summed E-state index contributed by atoms with van der Waals surface area (Å²) in [5.41, 5.74) is 6.10. The fourth-order valence-electron chi connectivity index (χ4n) is 3.07. The first-order valence-corrected chi connectivity index (χ1v) is 8.19. The van der Waals surface area contributed by atoms with E-state index in [1.807, 2.05) is 50.2 Å². The van der Waals surface area contributed by atoms with Gasteiger partial charge < -0.3 is 10.2 Å². The zero-order valence-electron chi connectivity index (χ0n) is 14.3. The van der Waals surface area contributed by atoms with Crippen molar-refractivity contribution in [1.29, 1.82) is 0 Å². The first-order chi connectivity index (χ1) is 11.4. The number of hydrogen-bond donors (Lipinski definition) is 1. The maximum atomic E-state index is 12.4. The summed E-state index contributed by atoms with van der Waals surface area (Å²) >= 11 is 0. The molecule has 0 saturated heterocycles. The molecule has 2 aromatic rings. The number of rotatable bonds is 3. The SMILES string of the molecule is Cc1ccc(C)c(NC(=O)Cc2ccc3c(c2)CCC(=O)N3C)c1. The number of carbonyl (C=O) groups is 2. The van der Waals surface area contributed by atoms with E-state index in [1.165, 1.54) is 0 Å². The number of nitrogens with zero attached hydrogens (tertiary/aromatic N) is 1. The van der Waals surface area contributed by atoms with Crippen molar-refractivity contribution in [2.24, 2.45) is 0 Å². The number of amides is 2. The molecule has 0 unspecified atom stereocenters. The summed E-state index contributed by atoms with van der Waals surface area (Å²) in [6.45, 7) is 4.00. The van der Waals surface area contributed by atoms with Crippen molar-refractivity contribution >= 4 is 23.2 Å². The van der Waals surface area contributed by atoms with Gasteiger partial charge in [-0.3, -0.25) is 9.59 Å². The highest BCUT2D eigenvalue weighted by Gasteiger charge is 2.21. The highest BCUT2D eigenvalue weighted by molar-refractivity contribution is 5.96. The fraction of sp³-hybridized carbons (Fsp3) is 0.300. The molecule has 0 bridgehead atoms. The number of carbonyl (C=O) groups excluding carboxylic acids is 2. The standard InChI is InChI=1S/C20H22N2O2/c1-13-4-5-14(2)17(10-13)21-19(23)12-15-6-8-18-16(11-15)7-9-20(24)22(18)3/h4-6,8,10-11H,7,9,12H2,1-3H3,(H,21,23). The van der Waals surface area contributed by atoms with Crippen LogP contribution in [0.4, 0.5) is 11.4 Å².